The second kappa shape index (κ2) is 13.0. The van der Waals surface area contributed by atoms with Gasteiger partial charge < -0.3 is 9.88 Å². The number of thiophene rings is 1. The van der Waals surface area contributed by atoms with Crippen molar-refractivity contribution in [1.82, 2.24) is 24.2 Å². The number of sulfonamides is 1. The average Bonchev–Trinajstić information content (AvgIpc) is 3.54. The highest BCUT2D eigenvalue weighted by Gasteiger charge is 2.30. The van der Waals surface area contributed by atoms with Crippen LogP contribution < -0.4 is 10.0 Å². The molecule has 8 nitrogen and oxygen atoms in total. The van der Waals surface area contributed by atoms with Gasteiger partial charge in [-0.25, -0.2) is 23.1 Å². The molecular formula is C33H43F3N6O2S2. The Kier molecular flexibility index (Phi) is 9.41. The summed E-state index contributed by atoms with van der Waals surface area (Å²) in [6.07, 6.45) is -2.06. The van der Waals surface area contributed by atoms with Crippen molar-refractivity contribution >= 4 is 48.3 Å². The highest BCUT2D eigenvalue weighted by Crippen LogP contribution is 2.34. The van der Waals surface area contributed by atoms with Gasteiger partial charge in [-0.1, -0.05) is 19.9 Å². The van der Waals surface area contributed by atoms with Gasteiger partial charge in [0.25, 0.3) is 0 Å². The Morgan fingerprint density at radius 2 is 1.87 bits per heavy atom. The lowest BCUT2D eigenvalue weighted by atomic mass is 9.91. The number of anilines is 1. The predicted molar refractivity (Wildman–Crippen MR) is 179 cm³/mol. The fourth-order valence-electron chi connectivity index (χ4n) is 6.94. The maximum absolute atomic E-state index is 13.1. The number of piperidine rings is 1. The van der Waals surface area contributed by atoms with Crippen LogP contribution in [0.1, 0.15) is 60.6 Å². The summed E-state index contributed by atoms with van der Waals surface area (Å²) in [6.45, 7) is 12.6. The molecule has 4 aromatic rings. The maximum Gasteiger partial charge on any atom is 0.393 e. The van der Waals surface area contributed by atoms with Crippen LogP contribution in [0.5, 0.6) is 0 Å². The zero-order valence-electron chi connectivity index (χ0n) is 26.9. The van der Waals surface area contributed by atoms with E-state index in [2.05, 4.69) is 68.4 Å². The Balaban J connectivity index is 1.10. The second-order valence-electron chi connectivity index (χ2n) is 13.1. The SMILES string of the molecule is CCc1nc(NC2CCN(Cc3ccc4c(cc(C)n4CC(C)C4CCS(=O)(=O)NC4)c3C)CC2)c2cc(CC(F)(F)F)sc2n1. The number of aromatic nitrogens is 3. The van der Waals surface area contributed by atoms with Crippen LogP contribution >= 0.6 is 11.3 Å². The van der Waals surface area contributed by atoms with Gasteiger partial charge in [-0.15, -0.1) is 11.3 Å². The van der Waals surface area contributed by atoms with Crippen LogP contribution in [0.3, 0.4) is 0 Å². The summed E-state index contributed by atoms with van der Waals surface area (Å²) >= 11 is 1.10. The lowest BCUT2D eigenvalue weighted by Crippen LogP contribution is -2.40. The number of alkyl halides is 3. The molecule has 46 heavy (non-hydrogen) atoms. The van der Waals surface area contributed by atoms with Crippen molar-refractivity contribution in [3.8, 4) is 0 Å². The van der Waals surface area contributed by atoms with Gasteiger partial charge in [-0.2, -0.15) is 13.2 Å². The molecule has 5 heterocycles. The molecule has 2 saturated heterocycles. The molecule has 3 aromatic heterocycles. The minimum Gasteiger partial charge on any atom is -0.367 e. The number of hydrogen-bond donors (Lipinski definition) is 2. The van der Waals surface area contributed by atoms with E-state index in [1.807, 2.05) is 6.92 Å². The van der Waals surface area contributed by atoms with E-state index >= 15 is 0 Å². The summed E-state index contributed by atoms with van der Waals surface area (Å²) in [5, 5.41) is 5.50. The summed E-state index contributed by atoms with van der Waals surface area (Å²) < 4.78 is 67.9. The minimum absolute atomic E-state index is 0.187. The molecule has 0 amide bonds. The molecule has 0 aliphatic carbocycles. The van der Waals surface area contributed by atoms with Gasteiger partial charge in [0.1, 0.15) is 16.5 Å². The van der Waals surface area contributed by atoms with Gasteiger partial charge in [0.05, 0.1) is 17.6 Å². The zero-order valence-corrected chi connectivity index (χ0v) is 28.5. The number of fused-ring (bicyclic) bond motifs is 2. The molecule has 0 spiro atoms. The van der Waals surface area contributed by atoms with Crippen molar-refractivity contribution in [2.45, 2.75) is 85.1 Å². The Bertz CT molecular complexity index is 1810. The topological polar surface area (TPSA) is 92.2 Å². The first-order valence-corrected chi connectivity index (χ1v) is 18.7. The third-order valence-electron chi connectivity index (χ3n) is 9.78. The van der Waals surface area contributed by atoms with E-state index in [1.54, 1.807) is 6.07 Å². The first-order chi connectivity index (χ1) is 21.8. The van der Waals surface area contributed by atoms with Crippen LogP contribution in [0.2, 0.25) is 0 Å². The molecule has 2 N–H and O–H groups in total. The van der Waals surface area contributed by atoms with Crippen LogP contribution in [0.25, 0.3) is 21.1 Å². The number of benzene rings is 1. The predicted octanol–water partition coefficient (Wildman–Crippen LogP) is 6.58. The first-order valence-electron chi connectivity index (χ1n) is 16.2. The van der Waals surface area contributed by atoms with E-state index in [4.69, 9.17) is 0 Å². The Labute approximate surface area is 272 Å². The van der Waals surface area contributed by atoms with Crippen molar-refractivity contribution in [2.75, 3.05) is 30.7 Å². The summed E-state index contributed by atoms with van der Waals surface area (Å²) in [5.41, 5.74) is 5.04. The van der Waals surface area contributed by atoms with Crippen LogP contribution in [0, 0.1) is 25.7 Å². The quantitative estimate of drug-likeness (QED) is 0.208. The van der Waals surface area contributed by atoms with E-state index in [-0.39, 0.29) is 16.7 Å². The zero-order chi connectivity index (χ0) is 32.8. The molecule has 0 radical (unpaired) electrons. The molecule has 2 unspecified atom stereocenters. The van der Waals surface area contributed by atoms with Crippen LogP contribution in [-0.2, 0) is 36.0 Å². The third-order valence-corrected chi connectivity index (χ3v) is 12.2. The molecule has 2 atom stereocenters. The van der Waals surface area contributed by atoms with E-state index in [0.29, 0.717) is 53.1 Å². The number of aryl methyl sites for hydroxylation is 3. The van der Waals surface area contributed by atoms with Gasteiger partial charge in [0.15, 0.2) is 0 Å². The van der Waals surface area contributed by atoms with Gasteiger partial charge >= 0.3 is 6.18 Å². The molecular weight excluding hydrogens is 634 g/mol. The summed E-state index contributed by atoms with van der Waals surface area (Å²) in [5.74, 6) is 2.16. The molecule has 1 aromatic carbocycles. The van der Waals surface area contributed by atoms with Crippen molar-refractivity contribution in [3.05, 3.63) is 51.8 Å². The molecule has 2 aliphatic heterocycles. The number of rotatable bonds is 9. The highest BCUT2D eigenvalue weighted by atomic mass is 32.2. The second-order valence-corrected chi connectivity index (χ2v) is 16.2. The van der Waals surface area contributed by atoms with E-state index in [1.165, 1.54) is 27.7 Å². The molecule has 0 saturated carbocycles. The van der Waals surface area contributed by atoms with Crippen LogP contribution in [0.15, 0.2) is 24.3 Å². The molecule has 13 heteroatoms. The molecule has 250 valence electrons. The molecule has 0 bridgehead atoms. The third kappa shape index (κ3) is 7.37. The van der Waals surface area contributed by atoms with Crippen molar-refractivity contribution in [2.24, 2.45) is 11.8 Å². The van der Waals surface area contributed by atoms with Crippen molar-refractivity contribution in [1.29, 1.82) is 0 Å². The number of hydrogen-bond acceptors (Lipinski definition) is 7. The fourth-order valence-corrected chi connectivity index (χ4v) is 9.25. The monoisotopic (exact) mass is 676 g/mol. The normalized spacial score (nSPS) is 20.5. The average molecular weight is 677 g/mol. The highest BCUT2D eigenvalue weighted by molar-refractivity contribution is 7.89. The van der Waals surface area contributed by atoms with Gasteiger partial charge in [0.2, 0.25) is 10.0 Å². The first kappa shape index (κ1) is 33.2. The van der Waals surface area contributed by atoms with Gasteiger partial charge in [-0.05, 0) is 74.3 Å². The van der Waals surface area contributed by atoms with Crippen LogP contribution in [0.4, 0.5) is 19.0 Å². The number of halogens is 3. The number of nitrogens with one attached hydrogen (secondary N) is 2. The Morgan fingerprint density at radius 1 is 1.11 bits per heavy atom. The summed E-state index contributed by atoms with van der Waals surface area (Å²) in [4.78, 5) is 12.5. The van der Waals surface area contributed by atoms with E-state index < -0.39 is 22.6 Å². The maximum atomic E-state index is 13.1. The lowest BCUT2D eigenvalue weighted by Gasteiger charge is -2.33. The minimum atomic E-state index is -4.26. The molecule has 6 rings (SSSR count). The number of nitrogens with zero attached hydrogens (tertiary/aromatic N) is 4. The summed E-state index contributed by atoms with van der Waals surface area (Å²) in [7, 11) is -3.11. The standard InChI is InChI=1S/C33H43F3N6O2S2/c1-5-30-39-31(28-15-26(16-33(34,35)36)45-32(28)40-30)38-25-8-11-41(12-9-25)19-24-6-7-29-27(22(24)4)14-21(3)42(29)18-20(2)23-10-13-46(43,44)37-17-23/h6-7,14-15,20,23,25,37H,5,8-13,16-19H2,1-4H3,(H,38,39,40). The lowest BCUT2D eigenvalue weighted by molar-refractivity contribution is -0.126. The fraction of sp³-hybridized carbons (Fsp3) is 0.576. The summed E-state index contributed by atoms with van der Waals surface area (Å²) in [6, 6.07) is 8.54. The Hall–Kier alpha value is -2.74. The van der Waals surface area contributed by atoms with Gasteiger partial charge in [0, 0.05) is 66.7 Å². The largest absolute Gasteiger partial charge is 0.393 e. The van der Waals surface area contributed by atoms with Crippen molar-refractivity contribution in [3.63, 3.8) is 0 Å². The van der Waals surface area contributed by atoms with E-state index in [0.717, 1.165) is 50.4 Å². The van der Waals surface area contributed by atoms with Gasteiger partial charge in [-0.3, -0.25) is 4.90 Å². The molecule has 2 fully saturated rings. The Morgan fingerprint density at radius 3 is 2.54 bits per heavy atom. The molecule has 2 aliphatic rings. The van der Waals surface area contributed by atoms with Crippen LogP contribution in [-0.4, -0.2) is 65.5 Å². The number of likely N-dealkylation sites (tertiary alicyclic amines) is 1. The smallest absolute Gasteiger partial charge is 0.367 e. The van der Waals surface area contributed by atoms with Crippen molar-refractivity contribution < 1.29 is 21.6 Å². The van der Waals surface area contributed by atoms with E-state index in [9.17, 15) is 21.6 Å².